The van der Waals surface area contributed by atoms with Crippen molar-refractivity contribution >= 4 is 5.97 Å². The Morgan fingerprint density at radius 1 is 1.40 bits per heavy atom. The van der Waals surface area contributed by atoms with E-state index >= 15 is 0 Å². The quantitative estimate of drug-likeness (QED) is 0.490. The molecule has 0 amide bonds. The van der Waals surface area contributed by atoms with Crippen molar-refractivity contribution in [3.05, 3.63) is 11.6 Å². The van der Waals surface area contributed by atoms with Gasteiger partial charge in [0.2, 0.25) is 0 Å². The minimum absolute atomic E-state index is 0.163. The van der Waals surface area contributed by atoms with Gasteiger partial charge in [-0.25, -0.2) is 4.79 Å². The molecule has 3 rings (SSSR count). The Kier molecular flexibility index (Phi) is 3.04. The van der Waals surface area contributed by atoms with Gasteiger partial charge in [-0.3, -0.25) is 0 Å². The lowest BCUT2D eigenvalue weighted by Crippen LogP contribution is -2.58. The normalized spacial score (nSPS) is 44.3. The largest absolute Gasteiger partial charge is 0.462 e. The highest BCUT2D eigenvalue weighted by atomic mass is 16.6. The third kappa shape index (κ3) is 1.85. The van der Waals surface area contributed by atoms with Gasteiger partial charge in [0.15, 0.2) is 0 Å². The molecule has 3 aliphatic rings. The molecule has 2 heterocycles. The van der Waals surface area contributed by atoms with Crippen LogP contribution in [-0.4, -0.2) is 35.0 Å². The molecule has 0 bridgehead atoms. The average Bonchev–Trinajstić information content (AvgIpc) is 2.90. The molecule has 0 radical (unpaired) electrons. The maximum absolute atomic E-state index is 11.4. The SMILES string of the molecule is CC1(C)CC[C@H]2O[C@@]2(C)[C@@]1(O)CC/C=C1\CCOC1=O. The summed E-state index contributed by atoms with van der Waals surface area (Å²) in [5.41, 5.74) is -0.657. The Hall–Kier alpha value is -0.870. The number of carbonyl (C=O) groups excluding carboxylic acids is 1. The second-order valence-corrected chi connectivity index (χ2v) is 7.15. The zero-order valence-electron chi connectivity index (χ0n) is 12.6. The average molecular weight is 280 g/mol. The number of aliphatic hydroxyl groups is 1. The first-order chi connectivity index (χ1) is 9.30. The van der Waals surface area contributed by atoms with Gasteiger partial charge in [0.05, 0.1) is 12.7 Å². The fraction of sp³-hybridized carbons (Fsp3) is 0.812. The van der Waals surface area contributed by atoms with E-state index in [2.05, 4.69) is 13.8 Å². The summed E-state index contributed by atoms with van der Waals surface area (Å²) in [6.07, 6.45) is 6.14. The van der Waals surface area contributed by atoms with Crippen molar-refractivity contribution in [2.45, 2.75) is 70.2 Å². The molecule has 3 atom stereocenters. The van der Waals surface area contributed by atoms with E-state index in [9.17, 15) is 9.90 Å². The first-order valence-electron chi connectivity index (χ1n) is 7.56. The molecule has 0 spiro atoms. The van der Waals surface area contributed by atoms with Crippen molar-refractivity contribution in [1.82, 2.24) is 0 Å². The van der Waals surface area contributed by atoms with Crippen molar-refractivity contribution in [2.24, 2.45) is 5.41 Å². The Labute approximate surface area is 120 Å². The van der Waals surface area contributed by atoms with E-state index in [1.54, 1.807) is 0 Å². The molecule has 1 saturated carbocycles. The van der Waals surface area contributed by atoms with Gasteiger partial charge in [-0.2, -0.15) is 0 Å². The Morgan fingerprint density at radius 3 is 2.80 bits per heavy atom. The van der Waals surface area contributed by atoms with Gasteiger partial charge >= 0.3 is 5.97 Å². The van der Waals surface area contributed by atoms with Crippen LogP contribution in [-0.2, 0) is 14.3 Å². The fourth-order valence-electron chi connectivity index (χ4n) is 4.01. The van der Waals surface area contributed by atoms with Crippen molar-refractivity contribution in [3.8, 4) is 0 Å². The minimum Gasteiger partial charge on any atom is -0.462 e. The fourth-order valence-corrected chi connectivity index (χ4v) is 4.01. The maximum atomic E-state index is 11.4. The number of allylic oxidation sites excluding steroid dienone is 1. The zero-order chi connectivity index (χ0) is 14.6. The van der Waals surface area contributed by atoms with Crippen LogP contribution in [0.2, 0.25) is 0 Å². The number of esters is 1. The maximum Gasteiger partial charge on any atom is 0.333 e. The van der Waals surface area contributed by atoms with E-state index in [4.69, 9.17) is 9.47 Å². The molecule has 2 saturated heterocycles. The number of hydrogen-bond donors (Lipinski definition) is 1. The molecule has 4 nitrogen and oxygen atoms in total. The molecule has 2 aliphatic heterocycles. The van der Waals surface area contributed by atoms with Crippen molar-refractivity contribution in [1.29, 1.82) is 0 Å². The predicted octanol–water partition coefficient (Wildman–Crippen LogP) is 2.35. The van der Waals surface area contributed by atoms with Gasteiger partial charge < -0.3 is 14.6 Å². The highest BCUT2D eigenvalue weighted by Gasteiger charge is 2.72. The molecule has 20 heavy (non-hydrogen) atoms. The van der Waals surface area contributed by atoms with Crippen LogP contribution in [0.5, 0.6) is 0 Å². The van der Waals surface area contributed by atoms with Crippen LogP contribution in [0.4, 0.5) is 0 Å². The third-order valence-corrected chi connectivity index (χ3v) is 5.68. The first-order valence-corrected chi connectivity index (χ1v) is 7.56. The summed E-state index contributed by atoms with van der Waals surface area (Å²) in [4.78, 5) is 11.4. The molecule has 0 aromatic carbocycles. The Balaban J connectivity index is 1.73. The van der Waals surface area contributed by atoms with Gasteiger partial charge in [-0.15, -0.1) is 0 Å². The highest BCUT2D eigenvalue weighted by Crippen LogP contribution is 2.61. The van der Waals surface area contributed by atoms with E-state index in [1.165, 1.54) is 0 Å². The van der Waals surface area contributed by atoms with Gasteiger partial charge in [0, 0.05) is 12.0 Å². The molecule has 3 fully saturated rings. The Bertz CT molecular complexity index is 460. The smallest absolute Gasteiger partial charge is 0.333 e. The highest BCUT2D eigenvalue weighted by molar-refractivity contribution is 5.90. The van der Waals surface area contributed by atoms with Crippen molar-refractivity contribution in [3.63, 3.8) is 0 Å². The summed E-state index contributed by atoms with van der Waals surface area (Å²) >= 11 is 0. The van der Waals surface area contributed by atoms with Gasteiger partial charge in [-0.1, -0.05) is 19.9 Å². The monoisotopic (exact) mass is 280 g/mol. The van der Waals surface area contributed by atoms with Gasteiger partial charge in [0.25, 0.3) is 0 Å². The predicted molar refractivity (Wildman–Crippen MR) is 74.1 cm³/mol. The summed E-state index contributed by atoms with van der Waals surface area (Å²) in [5, 5.41) is 11.2. The van der Waals surface area contributed by atoms with Crippen molar-refractivity contribution < 1.29 is 19.4 Å². The summed E-state index contributed by atoms with van der Waals surface area (Å²) in [5.74, 6) is -0.202. The van der Waals surface area contributed by atoms with Crippen LogP contribution in [0.1, 0.15) is 52.9 Å². The number of rotatable bonds is 3. The van der Waals surface area contributed by atoms with E-state index in [0.717, 1.165) is 18.4 Å². The lowest BCUT2D eigenvalue weighted by molar-refractivity contribution is -0.135. The summed E-state index contributed by atoms with van der Waals surface area (Å²) in [6.45, 7) is 6.75. The second kappa shape index (κ2) is 4.31. The Morgan fingerprint density at radius 2 is 2.15 bits per heavy atom. The van der Waals surface area contributed by atoms with Crippen molar-refractivity contribution in [2.75, 3.05) is 6.61 Å². The second-order valence-electron chi connectivity index (χ2n) is 7.15. The molecular weight excluding hydrogens is 256 g/mol. The minimum atomic E-state index is -0.831. The summed E-state index contributed by atoms with van der Waals surface area (Å²) in [6, 6.07) is 0. The van der Waals surface area contributed by atoms with Gasteiger partial charge in [0.1, 0.15) is 11.2 Å². The number of carbonyl (C=O) groups is 1. The molecule has 0 aromatic heterocycles. The molecule has 4 heteroatoms. The standard InChI is InChI=1S/C16H24O4/c1-14(2)9-6-12-15(3,20-12)16(14,18)8-4-5-11-7-10-19-13(11)17/h5,12,18H,4,6-10H2,1-3H3/b11-5+/t12-,15-,16-/m1/s1. The molecule has 1 N–H and O–H groups in total. The van der Waals surface area contributed by atoms with Crippen LogP contribution in [0.3, 0.4) is 0 Å². The third-order valence-electron chi connectivity index (χ3n) is 5.68. The van der Waals surface area contributed by atoms with Crippen LogP contribution in [0.15, 0.2) is 11.6 Å². The summed E-state index contributed by atoms with van der Waals surface area (Å²) in [7, 11) is 0. The van der Waals surface area contributed by atoms with Crippen LogP contribution >= 0.6 is 0 Å². The molecule has 112 valence electrons. The van der Waals surface area contributed by atoms with Crippen LogP contribution in [0, 0.1) is 5.41 Å². The molecule has 0 unspecified atom stereocenters. The topological polar surface area (TPSA) is 59.1 Å². The number of ether oxygens (including phenoxy) is 2. The van der Waals surface area contributed by atoms with E-state index in [0.29, 0.717) is 25.9 Å². The van der Waals surface area contributed by atoms with E-state index in [1.807, 2.05) is 13.0 Å². The number of hydrogen-bond acceptors (Lipinski definition) is 4. The van der Waals surface area contributed by atoms with Crippen LogP contribution in [0.25, 0.3) is 0 Å². The molecular formula is C16H24O4. The number of epoxide rings is 1. The molecule has 0 aromatic rings. The van der Waals surface area contributed by atoms with E-state index in [-0.39, 0.29) is 17.5 Å². The summed E-state index contributed by atoms with van der Waals surface area (Å²) < 4.78 is 10.7. The number of fused-ring (bicyclic) bond motifs is 1. The van der Waals surface area contributed by atoms with Gasteiger partial charge in [-0.05, 0) is 38.0 Å². The van der Waals surface area contributed by atoms with E-state index < -0.39 is 11.2 Å². The van der Waals surface area contributed by atoms with Crippen LogP contribution < -0.4 is 0 Å². The number of cyclic esters (lactones) is 1. The lowest BCUT2D eigenvalue weighted by atomic mass is 9.59. The first kappa shape index (κ1) is 14.1. The molecule has 1 aliphatic carbocycles. The zero-order valence-corrected chi connectivity index (χ0v) is 12.6. The lowest BCUT2D eigenvalue weighted by Gasteiger charge is -2.48.